The summed E-state index contributed by atoms with van der Waals surface area (Å²) in [5.41, 5.74) is 2.21. The minimum Gasteiger partial charge on any atom is -0.493 e. The molecule has 3 rings (SSSR count). The standard InChI is InChI=1S/C21H18F2N2O4/c1-27-19-11-15(7-9-18(19)29-21(22)23)14-28-20(26)10-8-16-12-24-25(13-16)17-5-3-2-4-6-17/h2-13,21H,14H2,1H3/b10-8+. The number of halogens is 2. The summed E-state index contributed by atoms with van der Waals surface area (Å²) >= 11 is 0. The summed E-state index contributed by atoms with van der Waals surface area (Å²) in [7, 11) is 1.34. The Morgan fingerprint density at radius 1 is 1.17 bits per heavy atom. The van der Waals surface area contributed by atoms with Gasteiger partial charge in [-0.05, 0) is 35.9 Å². The lowest BCUT2D eigenvalue weighted by Crippen LogP contribution is -2.05. The van der Waals surface area contributed by atoms with E-state index in [1.807, 2.05) is 30.3 Å². The number of benzene rings is 2. The zero-order valence-electron chi connectivity index (χ0n) is 15.5. The fraction of sp³-hybridized carbons (Fsp3) is 0.143. The molecule has 0 bridgehead atoms. The Labute approximate surface area is 165 Å². The van der Waals surface area contributed by atoms with E-state index in [2.05, 4.69) is 9.84 Å². The number of para-hydroxylation sites is 1. The lowest BCUT2D eigenvalue weighted by molar-refractivity contribution is -0.138. The van der Waals surface area contributed by atoms with Gasteiger partial charge in [-0.15, -0.1) is 0 Å². The van der Waals surface area contributed by atoms with Crippen LogP contribution in [0.2, 0.25) is 0 Å². The summed E-state index contributed by atoms with van der Waals surface area (Å²) in [4.78, 5) is 11.9. The lowest BCUT2D eigenvalue weighted by atomic mass is 10.2. The molecule has 0 saturated carbocycles. The third-order valence-corrected chi connectivity index (χ3v) is 3.86. The van der Waals surface area contributed by atoms with E-state index >= 15 is 0 Å². The Hall–Kier alpha value is -3.68. The van der Waals surface area contributed by atoms with Gasteiger partial charge < -0.3 is 14.2 Å². The van der Waals surface area contributed by atoms with Crippen molar-refractivity contribution in [2.45, 2.75) is 13.2 Å². The molecule has 0 aliphatic heterocycles. The monoisotopic (exact) mass is 400 g/mol. The molecule has 0 saturated heterocycles. The number of methoxy groups -OCH3 is 1. The van der Waals surface area contributed by atoms with E-state index in [1.54, 1.807) is 23.2 Å². The molecule has 0 radical (unpaired) electrons. The van der Waals surface area contributed by atoms with Crippen molar-refractivity contribution >= 4 is 12.0 Å². The number of rotatable bonds is 8. The van der Waals surface area contributed by atoms with Crippen LogP contribution < -0.4 is 9.47 Å². The first-order valence-corrected chi connectivity index (χ1v) is 8.62. The maximum absolute atomic E-state index is 12.4. The van der Waals surface area contributed by atoms with Crippen LogP contribution in [0.15, 0.2) is 67.0 Å². The predicted molar refractivity (Wildman–Crippen MR) is 102 cm³/mol. The Bertz CT molecular complexity index is 987. The van der Waals surface area contributed by atoms with Crippen molar-refractivity contribution in [3.63, 3.8) is 0 Å². The van der Waals surface area contributed by atoms with Gasteiger partial charge in [0, 0.05) is 17.8 Å². The molecule has 0 aliphatic carbocycles. The third-order valence-electron chi connectivity index (χ3n) is 3.86. The molecule has 1 aromatic heterocycles. The predicted octanol–water partition coefficient (Wildman–Crippen LogP) is 4.24. The molecule has 0 aliphatic rings. The highest BCUT2D eigenvalue weighted by Gasteiger charge is 2.11. The van der Waals surface area contributed by atoms with E-state index in [-0.39, 0.29) is 18.1 Å². The molecule has 0 unspecified atom stereocenters. The van der Waals surface area contributed by atoms with Crippen molar-refractivity contribution in [2.75, 3.05) is 7.11 Å². The molecule has 2 aromatic carbocycles. The molecule has 150 valence electrons. The molecule has 6 nitrogen and oxygen atoms in total. The molecular formula is C21H18F2N2O4. The van der Waals surface area contributed by atoms with Crippen LogP contribution in [0.1, 0.15) is 11.1 Å². The van der Waals surface area contributed by atoms with Gasteiger partial charge in [-0.1, -0.05) is 24.3 Å². The quantitative estimate of drug-likeness (QED) is 0.418. The number of esters is 1. The third kappa shape index (κ3) is 5.65. The molecule has 29 heavy (non-hydrogen) atoms. The highest BCUT2D eigenvalue weighted by molar-refractivity contribution is 5.86. The minimum atomic E-state index is -2.95. The van der Waals surface area contributed by atoms with Gasteiger partial charge in [-0.25, -0.2) is 9.48 Å². The zero-order chi connectivity index (χ0) is 20.6. The van der Waals surface area contributed by atoms with Crippen molar-refractivity contribution in [1.82, 2.24) is 9.78 Å². The fourth-order valence-corrected chi connectivity index (χ4v) is 2.51. The van der Waals surface area contributed by atoms with Crippen LogP contribution in [0.25, 0.3) is 11.8 Å². The highest BCUT2D eigenvalue weighted by atomic mass is 19.3. The number of carbonyl (C=O) groups is 1. The highest BCUT2D eigenvalue weighted by Crippen LogP contribution is 2.29. The normalized spacial score (nSPS) is 11.0. The van der Waals surface area contributed by atoms with Crippen molar-refractivity contribution < 1.29 is 27.8 Å². The second-order valence-electron chi connectivity index (χ2n) is 5.86. The molecule has 0 spiro atoms. The number of alkyl halides is 2. The summed E-state index contributed by atoms with van der Waals surface area (Å²) in [5.74, 6) is -0.514. The molecule has 3 aromatic rings. The van der Waals surface area contributed by atoms with E-state index < -0.39 is 12.6 Å². The van der Waals surface area contributed by atoms with E-state index in [9.17, 15) is 13.6 Å². The summed E-state index contributed by atoms with van der Waals surface area (Å²) < 4.78 is 40.9. The average Bonchev–Trinajstić information content (AvgIpc) is 3.21. The van der Waals surface area contributed by atoms with Crippen LogP contribution in [0.5, 0.6) is 11.5 Å². The molecule has 0 amide bonds. The average molecular weight is 400 g/mol. The van der Waals surface area contributed by atoms with Crippen LogP contribution in [0, 0.1) is 0 Å². The molecule has 0 atom stereocenters. The van der Waals surface area contributed by atoms with Gasteiger partial charge in [-0.2, -0.15) is 13.9 Å². The molecule has 1 heterocycles. The second kappa shape index (κ2) is 9.50. The Morgan fingerprint density at radius 2 is 1.97 bits per heavy atom. The van der Waals surface area contributed by atoms with Crippen molar-refractivity contribution in [1.29, 1.82) is 0 Å². The molecule has 0 fully saturated rings. The van der Waals surface area contributed by atoms with Gasteiger partial charge in [0.05, 0.1) is 19.0 Å². The van der Waals surface area contributed by atoms with Crippen LogP contribution in [0.3, 0.4) is 0 Å². The largest absolute Gasteiger partial charge is 0.493 e. The van der Waals surface area contributed by atoms with E-state index in [4.69, 9.17) is 9.47 Å². The number of hydrogen-bond acceptors (Lipinski definition) is 5. The van der Waals surface area contributed by atoms with Gasteiger partial charge in [-0.3, -0.25) is 0 Å². The van der Waals surface area contributed by atoms with Crippen molar-refractivity contribution in [3.8, 4) is 17.2 Å². The minimum absolute atomic E-state index is 0.0439. The lowest BCUT2D eigenvalue weighted by Gasteiger charge is -2.11. The Kier molecular flexibility index (Phi) is 6.57. The van der Waals surface area contributed by atoms with Gasteiger partial charge in [0.15, 0.2) is 11.5 Å². The van der Waals surface area contributed by atoms with E-state index in [0.717, 1.165) is 11.3 Å². The molecule has 0 N–H and O–H groups in total. The van der Waals surface area contributed by atoms with Gasteiger partial charge in [0.25, 0.3) is 0 Å². The fourth-order valence-electron chi connectivity index (χ4n) is 2.51. The van der Waals surface area contributed by atoms with Crippen LogP contribution in [-0.4, -0.2) is 29.5 Å². The number of hydrogen-bond donors (Lipinski definition) is 0. The van der Waals surface area contributed by atoms with Crippen LogP contribution in [0.4, 0.5) is 8.78 Å². The topological polar surface area (TPSA) is 62.6 Å². The van der Waals surface area contributed by atoms with E-state index in [0.29, 0.717) is 5.56 Å². The van der Waals surface area contributed by atoms with Gasteiger partial charge >= 0.3 is 12.6 Å². The molecule has 8 heteroatoms. The number of aromatic nitrogens is 2. The molecular weight excluding hydrogens is 382 g/mol. The Morgan fingerprint density at radius 3 is 2.69 bits per heavy atom. The summed E-state index contributed by atoms with van der Waals surface area (Å²) in [6, 6.07) is 13.9. The van der Waals surface area contributed by atoms with Crippen LogP contribution >= 0.6 is 0 Å². The van der Waals surface area contributed by atoms with Crippen LogP contribution in [-0.2, 0) is 16.1 Å². The number of carbonyl (C=O) groups excluding carboxylic acids is 1. The second-order valence-corrected chi connectivity index (χ2v) is 5.86. The van der Waals surface area contributed by atoms with Crippen molar-refractivity contribution in [3.05, 3.63) is 78.1 Å². The first-order valence-electron chi connectivity index (χ1n) is 8.62. The van der Waals surface area contributed by atoms with Gasteiger partial charge in [0.1, 0.15) is 6.61 Å². The van der Waals surface area contributed by atoms with Gasteiger partial charge in [0.2, 0.25) is 0 Å². The zero-order valence-corrected chi connectivity index (χ0v) is 15.5. The SMILES string of the molecule is COc1cc(COC(=O)/C=C/c2cnn(-c3ccccc3)c2)ccc1OC(F)F. The maximum Gasteiger partial charge on any atom is 0.387 e. The smallest absolute Gasteiger partial charge is 0.387 e. The first-order chi connectivity index (χ1) is 14.0. The summed E-state index contributed by atoms with van der Waals surface area (Å²) in [6.07, 6.45) is 6.29. The Balaban J connectivity index is 1.57. The van der Waals surface area contributed by atoms with E-state index in [1.165, 1.54) is 31.4 Å². The number of ether oxygens (including phenoxy) is 3. The first kappa shape index (κ1) is 20.1. The summed E-state index contributed by atoms with van der Waals surface area (Å²) in [5, 5.41) is 4.24. The summed E-state index contributed by atoms with van der Waals surface area (Å²) in [6.45, 7) is -3.00. The maximum atomic E-state index is 12.4. The van der Waals surface area contributed by atoms with Crippen molar-refractivity contribution in [2.24, 2.45) is 0 Å². The number of nitrogens with zero attached hydrogens (tertiary/aromatic N) is 2.